The first-order valence-electron chi connectivity index (χ1n) is 9.55. The molecule has 4 heteroatoms. The van der Waals surface area contributed by atoms with Gasteiger partial charge in [-0.05, 0) is 67.8 Å². The Kier molecular flexibility index (Phi) is 4.64. The molecule has 146 valence electrons. The van der Waals surface area contributed by atoms with Gasteiger partial charge >= 0.3 is 0 Å². The highest BCUT2D eigenvalue weighted by atomic mass is 19.1. The second-order valence-electron chi connectivity index (χ2n) is 8.01. The molecule has 2 unspecified atom stereocenters. The number of ether oxygens (including phenoxy) is 3. The predicted octanol–water partition coefficient (Wildman–Crippen LogP) is 5.94. The average molecular weight is 380 g/mol. The highest BCUT2D eigenvalue weighted by Gasteiger charge is 2.49. The third kappa shape index (κ3) is 3.62. The van der Waals surface area contributed by atoms with Crippen LogP contribution in [0.4, 0.5) is 4.39 Å². The molecular formula is C24H25FO3. The van der Waals surface area contributed by atoms with Gasteiger partial charge in [0.15, 0.2) is 5.79 Å². The van der Waals surface area contributed by atoms with E-state index >= 15 is 0 Å². The highest BCUT2D eigenvalue weighted by molar-refractivity contribution is 5.82. The molecule has 1 aliphatic heterocycles. The summed E-state index contributed by atoms with van der Waals surface area (Å²) in [6.45, 7) is 7.96. The van der Waals surface area contributed by atoms with E-state index in [9.17, 15) is 4.39 Å². The van der Waals surface area contributed by atoms with E-state index in [0.717, 1.165) is 10.9 Å². The molecule has 3 aromatic carbocycles. The first kappa shape index (κ1) is 18.9. The zero-order valence-corrected chi connectivity index (χ0v) is 16.7. The van der Waals surface area contributed by atoms with Gasteiger partial charge in [-0.2, -0.15) is 0 Å². The number of halogens is 1. The van der Waals surface area contributed by atoms with Crippen LogP contribution in [0.3, 0.4) is 0 Å². The molecule has 2 atom stereocenters. The third-order valence-corrected chi connectivity index (χ3v) is 5.36. The van der Waals surface area contributed by atoms with Gasteiger partial charge in [0.2, 0.25) is 0 Å². The minimum atomic E-state index is -0.743. The number of hydrogen-bond acceptors (Lipinski definition) is 3. The second-order valence-corrected chi connectivity index (χ2v) is 8.01. The van der Waals surface area contributed by atoms with Crippen LogP contribution < -0.4 is 4.74 Å². The molecule has 28 heavy (non-hydrogen) atoms. The van der Waals surface area contributed by atoms with Crippen LogP contribution in [0.2, 0.25) is 0 Å². The van der Waals surface area contributed by atoms with Gasteiger partial charge in [0.25, 0.3) is 0 Å². The number of hydrogen-bond donors (Lipinski definition) is 0. The summed E-state index contributed by atoms with van der Waals surface area (Å²) in [5, 5.41) is 2.34. The Morgan fingerprint density at radius 2 is 1.71 bits per heavy atom. The van der Waals surface area contributed by atoms with Crippen molar-refractivity contribution in [3.63, 3.8) is 0 Å². The van der Waals surface area contributed by atoms with E-state index in [1.165, 1.54) is 17.5 Å². The Labute approximate surface area is 165 Å². The van der Waals surface area contributed by atoms with Crippen LogP contribution in [0, 0.1) is 5.82 Å². The predicted molar refractivity (Wildman–Crippen MR) is 108 cm³/mol. The zero-order valence-electron chi connectivity index (χ0n) is 16.7. The van der Waals surface area contributed by atoms with E-state index in [1.54, 1.807) is 0 Å². The Morgan fingerprint density at radius 3 is 2.43 bits per heavy atom. The van der Waals surface area contributed by atoms with E-state index < -0.39 is 11.4 Å². The van der Waals surface area contributed by atoms with Crippen molar-refractivity contribution in [1.29, 1.82) is 0 Å². The van der Waals surface area contributed by atoms with Crippen molar-refractivity contribution in [2.24, 2.45) is 0 Å². The second kappa shape index (κ2) is 6.87. The molecule has 0 saturated carbocycles. The molecule has 0 amide bonds. The smallest absolute Gasteiger partial charge is 0.164 e. The van der Waals surface area contributed by atoms with Gasteiger partial charge in [0, 0.05) is 6.07 Å². The molecule has 1 aliphatic rings. The summed E-state index contributed by atoms with van der Waals surface area (Å²) in [5.74, 6) is -0.593. The van der Waals surface area contributed by atoms with E-state index in [2.05, 4.69) is 24.3 Å². The SMILES string of the molecule is CC1OC(C)(C)OC1(C)c1cc(F)cc(OCc2ccc3ccccc3c2)c1. The molecular weight excluding hydrogens is 355 g/mol. The largest absolute Gasteiger partial charge is 0.489 e. The minimum Gasteiger partial charge on any atom is -0.489 e. The lowest BCUT2D eigenvalue weighted by molar-refractivity contribution is -0.161. The average Bonchev–Trinajstić information content (AvgIpc) is 2.87. The first-order valence-corrected chi connectivity index (χ1v) is 9.55. The van der Waals surface area contributed by atoms with E-state index in [0.29, 0.717) is 17.9 Å². The lowest BCUT2D eigenvalue weighted by Gasteiger charge is -2.28. The van der Waals surface area contributed by atoms with E-state index in [4.69, 9.17) is 14.2 Å². The Balaban J connectivity index is 1.57. The number of fused-ring (bicyclic) bond motifs is 1. The lowest BCUT2D eigenvalue weighted by Crippen LogP contribution is -2.32. The van der Waals surface area contributed by atoms with Gasteiger partial charge in [0.05, 0.1) is 6.10 Å². The molecule has 3 aromatic rings. The summed E-state index contributed by atoms with van der Waals surface area (Å²) in [7, 11) is 0. The maximum atomic E-state index is 14.3. The van der Waals surface area contributed by atoms with Gasteiger partial charge in [-0.1, -0.05) is 36.4 Å². The summed E-state index contributed by atoms with van der Waals surface area (Å²) in [5.41, 5.74) is 0.997. The fourth-order valence-corrected chi connectivity index (χ4v) is 3.88. The fraction of sp³-hybridized carbons (Fsp3) is 0.333. The van der Waals surface area contributed by atoms with E-state index in [1.807, 2.05) is 52.0 Å². The Hall–Kier alpha value is -2.43. The van der Waals surface area contributed by atoms with Crippen LogP contribution in [-0.4, -0.2) is 11.9 Å². The quantitative estimate of drug-likeness (QED) is 0.560. The summed E-state index contributed by atoms with van der Waals surface area (Å²) < 4.78 is 32.2. The van der Waals surface area contributed by atoms with Crippen molar-refractivity contribution in [3.8, 4) is 5.75 Å². The summed E-state index contributed by atoms with van der Waals surface area (Å²) in [6.07, 6.45) is -0.211. The normalized spacial score (nSPS) is 23.8. The maximum Gasteiger partial charge on any atom is 0.164 e. The fourth-order valence-electron chi connectivity index (χ4n) is 3.88. The molecule has 1 saturated heterocycles. The molecule has 1 fully saturated rings. The van der Waals surface area contributed by atoms with Crippen molar-refractivity contribution in [2.75, 3.05) is 0 Å². The number of rotatable bonds is 4. The topological polar surface area (TPSA) is 27.7 Å². The van der Waals surface area contributed by atoms with Gasteiger partial charge in [-0.25, -0.2) is 4.39 Å². The molecule has 0 aromatic heterocycles. The van der Waals surface area contributed by atoms with Crippen LogP contribution in [0.15, 0.2) is 60.7 Å². The van der Waals surface area contributed by atoms with Crippen molar-refractivity contribution < 1.29 is 18.6 Å². The van der Waals surface area contributed by atoms with Crippen molar-refractivity contribution in [2.45, 2.75) is 51.8 Å². The molecule has 3 nitrogen and oxygen atoms in total. The maximum absolute atomic E-state index is 14.3. The van der Waals surface area contributed by atoms with Crippen molar-refractivity contribution in [3.05, 3.63) is 77.6 Å². The molecule has 0 N–H and O–H groups in total. The van der Waals surface area contributed by atoms with Gasteiger partial charge in [-0.15, -0.1) is 0 Å². The van der Waals surface area contributed by atoms with Gasteiger partial charge in [-0.3, -0.25) is 0 Å². The van der Waals surface area contributed by atoms with Gasteiger partial charge in [0.1, 0.15) is 23.8 Å². The van der Waals surface area contributed by atoms with Gasteiger partial charge < -0.3 is 14.2 Å². The molecule has 0 radical (unpaired) electrons. The van der Waals surface area contributed by atoms with Crippen LogP contribution in [0.5, 0.6) is 5.75 Å². The Morgan fingerprint density at radius 1 is 0.964 bits per heavy atom. The van der Waals surface area contributed by atoms with Crippen LogP contribution in [-0.2, 0) is 21.7 Å². The lowest BCUT2D eigenvalue weighted by atomic mass is 9.91. The monoisotopic (exact) mass is 380 g/mol. The molecule has 4 rings (SSSR count). The number of benzene rings is 3. The van der Waals surface area contributed by atoms with Crippen LogP contribution >= 0.6 is 0 Å². The van der Waals surface area contributed by atoms with Crippen LogP contribution in [0.25, 0.3) is 10.8 Å². The summed E-state index contributed by atoms with van der Waals surface area (Å²) in [6, 6.07) is 19.1. The highest BCUT2D eigenvalue weighted by Crippen LogP contribution is 2.44. The molecule has 0 aliphatic carbocycles. The minimum absolute atomic E-state index is 0.211. The van der Waals surface area contributed by atoms with Crippen LogP contribution in [0.1, 0.15) is 38.8 Å². The molecule has 1 heterocycles. The summed E-state index contributed by atoms with van der Waals surface area (Å²) in [4.78, 5) is 0. The third-order valence-electron chi connectivity index (χ3n) is 5.36. The van der Waals surface area contributed by atoms with Crippen molar-refractivity contribution in [1.82, 2.24) is 0 Å². The van der Waals surface area contributed by atoms with E-state index in [-0.39, 0.29) is 11.9 Å². The standard InChI is InChI=1S/C24H25FO3/c1-16-24(4,28-23(2,3)27-16)20-12-21(25)14-22(13-20)26-15-17-9-10-18-7-5-6-8-19(18)11-17/h5-14,16H,15H2,1-4H3. The zero-order chi connectivity index (χ0) is 19.9. The molecule has 0 bridgehead atoms. The van der Waals surface area contributed by atoms with Crippen molar-refractivity contribution >= 4 is 10.8 Å². The molecule has 0 spiro atoms. The Bertz CT molecular complexity index is 1010. The first-order chi connectivity index (χ1) is 13.2. The summed E-state index contributed by atoms with van der Waals surface area (Å²) >= 11 is 0.